The Labute approximate surface area is 160 Å². The maximum absolute atomic E-state index is 10.1. The maximum Gasteiger partial charge on any atom is 0.0897 e. The van der Waals surface area contributed by atoms with Gasteiger partial charge in [-0.3, -0.25) is 4.90 Å². The van der Waals surface area contributed by atoms with Crippen molar-refractivity contribution in [3.8, 4) is 0 Å². The molecular formula is C21H27ClN2O2. The Morgan fingerprint density at radius 2 is 1.92 bits per heavy atom. The van der Waals surface area contributed by atoms with Gasteiger partial charge >= 0.3 is 0 Å². The van der Waals surface area contributed by atoms with Crippen LogP contribution in [0.2, 0.25) is 5.02 Å². The van der Waals surface area contributed by atoms with Gasteiger partial charge in [0.1, 0.15) is 0 Å². The lowest BCUT2D eigenvalue weighted by atomic mass is 10.2. The number of nitrogens with zero attached hydrogens (tertiary/aromatic N) is 1. The predicted octanol–water partition coefficient (Wildman–Crippen LogP) is 3.08. The van der Waals surface area contributed by atoms with Crippen LogP contribution in [0.1, 0.15) is 17.5 Å². The number of rotatable bonds is 9. The van der Waals surface area contributed by atoms with Crippen molar-refractivity contribution >= 4 is 11.6 Å². The lowest BCUT2D eigenvalue weighted by Gasteiger charge is -2.18. The molecule has 1 aliphatic rings. The Morgan fingerprint density at radius 3 is 2.73 bits per heavy atom. The first-order chi connectivity index (χ1) is 12.7. The van der Waals surface area contributed by atoms with E-state index in [0.717, 1.165) is 31.6 Å². The molecule has 26 heavy (non-hydrogen) atoms. The third-order valence-corrected chi connectivity index (χ3v) is 5.06. The monoisotopic (exact) mass is 374 g/mol. The fourth-order valence-corrected chi connectivity index (χ4v) is 3.46. The Bertz CT molecular complexity index is 668. The molecule has 1 fully saturated rings. The van der Waals surface area contributed by atoms with E-state index >= 15 is 0 Å². The van der Waals surface area contributed by atoms with Crippen molar-refractivity contribution in [1.82, 2.24) is 10.2 Å². The van der Waals surface area contributed by atoms with Crippen LogP contribution in [0.25, 0.3) is 0 Å². The zero-order valence-electron chi connectivity index (χ0n) is 15.0. The average Bonchev–Trinajstić information content (AvgIpc) is 3.10. The topological polar surface area (TPSA) is 44.7 Å². The molecule has 1 heterocycles. The highest BCUT2D eigenvalue weighted by Gasteiger charge is 2.22. The minimum atomic E-state index is -0.513. The molecule has 0 saturated carbocycles. The van der Waals surface area contributed by atoms with Gasteiger partial charge in [-0.25, -0.2) is 0 Å². The number of aliphatic hydroxyl groups is 1. The van der Waals surface area contributed by atoms with Crippen molar-refractivity contribution < 1.29 is 9.84 Å². The van der Waals surface area contributed by atoms with Gasteiger partial charge in [0, 0.05) is 37.2 Å². The maximum atomic E-state index is 10.1. The van der Waals surface area contributed by atoms with Crippen LogP contribution >= 0.6 is 11.6 Å². The number of hydrogen-bond acceptors (Lipinski definition) is 4. The summed E-state index contributed by atoms with van der Waals surface area (Å²) >= 11 is 6.10. The van der Waals surface area contributed by atoms with E-state index < -0.39 is 6.10 Å². The van der Waals surface area contributed by atoms with Crippen molar-refractivity contribution in [2.75, 3.05) is 26.2 Å². The molecule has 1 saturated heterocycles. The molecule has 2 atom stereocenters. The summed E-state index contributed by atoms with van der Waals surface area (Å²) in [5, 5.41) is 14.3. The second-order valence-electron chi connectivity index (χ2n) is 6.87. The van der Waals surface area contributed by atoms with Crippen LogP contribution in [0.5, 0.6) is 0 Å². The number of aliphatic hydroxyl groups excluding tert-OH is 1. The molecule has 2 N–H and O–H groups in total. The standard InChI is InChI=1S/C21H27ClN2O2/c22-21-9-5-4-8-18(21)15-26-16-20(25)12-23-19-10-11-24(14-19)13-17-6-2-1-3-7-17/h1-9,19-20,23,25H,10-16H2/t19-,20-/m1/s1. The third kappa shape index (κ3) is 6.08. The van der Waals surface area contributed by atoms with Crippen molar-refractivity contribution in [2.24, 2.45) is 0 Å². The summed E-state index contributed by atoms with van der Waals surface area (Å²) in [6.07, 6.45) is 0.598. The highest BCUT2D eigenvalue weighted by atomic mass is 35.5. The number of halogens is 1. The predicted molar refractivity (Wildman–Crippen MR) is 105 cm³/mol. The van der Waals surface area contributed by atoms with Crippen LogP contribution in [0.4, 0.5) is 0 Å². The SMILES string of the molecule is O[C@H](CN[C@@H]1CCN(Cc2ccccc2)C1)COCc1ccccc1Cl. The lowest BCUT2D eigenvalue weighted by Crippen LogP contribution is -2.39. The van der Waals surface area contributed by atoms with E-state index in [1.54, 1.807) is 0 Å². The summed E-state index contributed by atoms with van der Waals surface area (Å²) in [4.78, 5) is 2.45. The van der Waals surface area contributed by atoms with E-state index in [9.17, 15) is 5.11 Å². The molecule has 0 unspecified atom stereocenters. The van der Waals surface area contributed by atoms with Crippen LogP contribution in [-0.2, 0) is 17.9 Å². The van der Waals surface area contributed by atoms with Gasteiger partial charge in [-0.15, -0.1) is 0 Å². The van der Waals surface area contributed by atoms with Crippen LogP contribution in [0.3, 0.4) is 0 Å². The minimum absolute atomic E-state index is 0.304. The molecule has 0 radical (unpaired) electrons. The number of hydrogen-bond donors (Lipinski definition) is 2. The number of ether oxygens (including phenoxy) is 1. The van der Waals surface area contributed by atoms with Crippen molar-refractivity contribution in [3.05, 3.63) is 70.7 Å². The second kappa shape index (κ2) is 10.0. The first kappa shape index (κ1) is 19.3. The van der Waals surface area contributed by atoms with Crippen LogP contribution in [0.15, 0.2) is 54.6 Å². The van der Waals surface area contributed by atoms with Gasteiger partial charge in [0.05, 0.1) is 19.3 Å². The van der Waals surface area contributed by atoms with E-state index in [2.05, 4.69) is 34.5 Å². The minimum Gasteiger partial charge on any atom is -0.389 e. The summed E-state index contributed by atoms with van der Waals surface area (Å²) < 4.78 is 5.59. The molecule has 3 rings (SSSR count). The fraction of sp³-hybridized carbons (Fsp3) is 0.429. The van der Waals surface area contributed by atoms with Gasteiger partial charge in [-0.2, -0.15) is 0 Å². The molecule has 0 spiro atoms. The average molecular weight is 375 g/mol. The smallest absolute Gasteiger partial charge is 0.0897 e. The van der Waals surface area contributed by atoms with Gasteiger partial charge in [0.25, 0.3) is 0 Å². The summed E-state index contributed by atoms with van der Waals surface area (Å²) in [5.74, 6) is 0. The quantitative estimate of drug-likeness (QED) is 0.708. The fourth-order valence-electron chi connectivity index (χ4n) is 3.27. The Morgan fingerprint density at radius 1 is 1.15 bits per heavy atom. The zero-order chi connectivity index (χ0) is 18.2. The largest absolute Gasteiger partial charge is 0.389 e. The van der Waals surface area contributed by atoms with E-state index in [1.807, 2.05) is 30.3 Å². The molecule has 1 aliphatic heterocycles. The lowest BCUT2D eigenvalue weighted by molar-refractivity contribution is 0.0277. The molecule has 0 amide bonds. The molecule has 2 aromatic rings. The van der Waals surface area contributed by atoms with Crippen LogP contribution in [0, 0.1) is 0 Å². The third-order valence-electron chi connectivity index (χ3n) is 4.69. The summed E-state index contributed by atoms with van der Waals surface area (Å²) in [5.41, 5.74) is 2.29. The van der Waals surface area contributed by atoms with Gasteiger partial charge in [0.15, 0.2) is 0 Å². The molecule has 2 aromatic carbocycles. The molecular weight excluding hydrogens is 348 g/mol. The van der Waals surface area contributed by atoms with Gasteiger partial charge < -0.3 is 15.2 Å². The van der Waals surface area contributed by atoms with Crippen LogP contribution in [-0.4, -0.2) is 48.4 Å². The summed E-state index contributed by atoms with van der Waals surface area (Å²) in [6.45, 7) is 4.37. The molecule has 140 valence electrons. The van der Waals surface area contributed by atoms with E-state index in [0.29, 0.717) is 30.8 Å². The Hall–Kier alpha value is -1.43. The first-order valence-corrected chi connectivity index (χ1v) is 9.57. The van der Waals surface area contributed by atoms with E-state index in [1.165, 1.54) is 5.56 Å². The van der Waals surface area contributed by atoms with Crippen molar-refractivity contribution in [3.63, 3.8) is 0 Å². The molecule has 0 aromatic heterocycles. The second-order valence-corrected chi connectivity index (χ2v) is 7.28. The summed E-state index contributed by atoms with van der Waals surface area (Å²) in [6, 6.07) is 18.6. The Balaban J connectivity index is 1.31. The van der Waals surface area contributed by atoms with Gasteiger partial charge in [-0.1, -0.05) is 60.1 Å². The zero-order valence-corrected chi connectivity index (χ0v) is 15.7. The number of likely N-dealkylation sites (tertiary alicyclic amines) is 1. The Kier molecular flexibility index (Phi) is 7.47. The van der Waals surface area contributed by atoms with Crippen molar-refractivity contribution in [1.29, 1.82) is 0 Å². The van der Waals surface area contributed by atoms with Crippen molar-refractivity contribution in [2.45, 2.75) is 31.7 Å². The highest BCUT2D eigenvalue weighted by Crippen LogP contribution is 2.16. The van der Waals surface area contributed by atoms with Gasteiger partial charge in [0.2, 0.25) is 0 Å². The van der Waals surface area contributed by atoms with E-state index in [4.69, 9.17) is 16.3 Å². The summed E-state index contributed by atoms with van der Waals surface area (Å²) in [7, 11) is 0. The number of benzene rings is 2. The number of nitrogens with one attached hydrogen (secondary N) is 1. The molecule has 5 heteroatoms. The molecule has 0 bridgehead atoms. The molecule has 4 nitrogen and oxygen atoms in total. The highest BCUT2D eigenvalue weighted by molar-refractivity contribution is 6.31. The van der Waals surface area contributed by atoms with E-state index in [-0.39, 0.29) is 0 Å². The van der Waals surface area contributed by atoms with Gasteiger partial charge in [-0.05, 0) is 23.6 Å². The first-order valence-electron chi connectivity index (χ1n) is 9.19. The normalized spacial score (nSPS) is 18.9. The van der Waals surface area contributed by atoms with Crippen LogP contribution < -0.4 is 5.32 Å². The molecule has 0 aliphatic carbocycles.